The Bertz CT molecular complexity index is 753. The van der Waals surface area contributed by atoms with Crippen molar-refractivity contribution in [2.75, 3.05) is 27.4 Å². The third kappa shape index (κ3) is 4.58. The molecule has 2 rings (SSSR count). The summed E-state index contributed by atoms with van der Waals surface area (Å²) >= 11 is 0. The predicted octanol–water partition coefficient (Wildman–Crippen LogP) is 3.16. The van der Waals surface area contributed by atoms with Crippen molar-refractivity contribution in [1.29, 1.82) is 0 Å². The summed E-state index contributed by atoms with van der Waals surface area (Å²) in [4.78, 5) is 15.1. The molecule has 1 heterocycles. The number of methoxy groups -OCH3 is 2. The molecule has 0 saturated heterocycles. The van der Waals surface area contributed by atoms with Gasteiger partial charge in [0.05, 0.1) is 20.8 Å². The highest BCUT2D eigenvalue weighted by atomic mass is 16.5. The van der Waals surface area contributed by atoms with Crippen LogP contribution < -0.4 is 14.8 Å². The normalized spacial score (nSPS) is 10.7. The standard InChI is InChI=1S/C20H28N2O4/c1-6-26-20(23)19-13(2)16(14(3)22-19)12-21-10-9-15-7-8-17(24-4)18(11-15)25-5/h7-8,11,21-22H,6,9-10,12H2,1-5H3. The van der Waals surface area contributed by atoms with Gasteiger partial charge in [-0.05, 0) is 62.6 Å². The number of hydrogen-bond acceptors (Lipinski definition) is 5. The van der Waals surface area contributed by atoms with E-state index in [1.165, 1.54) is 5.56 Å². The van der Waals surface area contributed by atoms with Crippen LogP contribution >= 0.6 is 0 Å². The molecule has 0 unspecified atom stereocenters. The van der Waals surface area contributed by atoms with Crippen LogP contribution in [-0.2, 0) is 17.7 Å². The van der Waals surface area contributed by atoms with Crippen molar-refractivity contribution in [1.82, 2.24) is 10.3 Å². The molecule has 0 aliphatic carbocycles. The number of aromatic amines is 1. The Hall–Kier alpha value is -2.47. The summed E-state index contributed by atoms with van der Waals surface area (Å²) in [6.07, 6.45) is 0.869. The molecule has 26 heavy (non-hydrogen) atoms. The van der Waals surface area contributed by atoms with Gasteiger partial charge in [-0.1, -0.05) is 6.07 Å². The van der Waals surface area contributed by atoms with Crippen LogP contribution in [0.15, 0.2) is 18.2 Å². The van der Waals surface area contributed by atoms with E-state index in [1.54, 1.807) is 21.1 Å². The third-order valence-electron chi connectivity index (χ3n) is 4.41. The Morgan fingerprint density at radius 3 is 2.54 bits per heavy atom. The molecule has 0 radical (unpaired) electrons. The maximum Gasteiger partial charge on any atom is 0.355 e. The minimum absolute atomic E-state index is 0.301. The average molecular weight is 360 g/mol. The lowest BCUT2D eigenvalue weighted by Gasteiger charge is -2.10. The van der Waals surface area contributed by atoms with Gasteiger partial charge in [0.1, 0.15) is 5.69 Å². The van der Waals surface area contributed by atoms with Gasteiger partial charge < -0.3 is 24.5 Å². The van der Waals surface area contributed by atoms with Crippen molar-refractivity contribution >= 4 is 5.97 Å². The Labute approximate surface area is 154 Å². The summed E-state index contributed by atoms with van der Waals surface area (Å²) < 4.78 is 15.7. The number of hydrogen-bond donors (Lipinski definition) is 2. The summed E-state index contributed by atoms with van der Waals surface area (Å²) in [6, 6.07) is 5.95. The molecule has 0 amide bonds. The fraction of sp³-hybridized carbons (Fsp3) is 0.450. The number of rotatable bonds is 9. The largest absolute Gasteiger partial charge is 0.493 e. The van der Waals surface area contributed by atoms with Crippen molar-refractivity contribution in [3.8, 4) is 11.5 Å². The number of benzene rings is 1. The Morgan fingerprint density at radius 2 is 1.88 bits per heavy atom. The average Bonchev–Trinajstić information content (AvgIpc) is 2.93. The van der Waals surface area contributed by atoms with E-state index < -0.39 is 0 Å². The second-order valence-electron chi connectivity index (χ2n) is 6.07. The van der Waals surface area contributed by atoms with Crippen LogP contribution in [0.5, 0.6) is 11.5 Å². The lowest BCUT2D eigenvalue weighted by atomic mass is 10.1. The first-order chi connectivity index (χ1) is 12.5. The number of ether oxygens (including phenoxy) is 3. The van der Waals surface area contributed by atoms with Crippen LogP contribution in [0, 0.1) is 13.8 Å². The molecule has 6 nitrogen and oxygen atoms in total. The van der Waals surface area contributed by atoms with Crippen LogP contribution in [0.4, 0.5) is 0 Å². The lowest BCUT2D eigenvalue weighted by Crippen LogP contribution is -2.17. The minimum atomic E-state index is -0.301. The van der Waals surface area contributed by atoms with E-state index >= 15 is 0 Å². The molecule has 1 aromatic carbocycles. The van der Waals surface area contributed by atoms with Crippen molar-refractivity contribution in [3.05, 3.63) is 46.3 Å². The van der Waals surface area contributed by atoms with Gasteiger partial charge in [-0.25, -0.2) is 4.79 Å². The van der Waals surface area contributed by atoms with Gasteiger partial charge in [0.2, 0.25) is 0 Å². The summed E-state index contributed by atoms with van der Waals surface area (Å²) in [7, 11) is 3.27. The Balaban J connectivity index is 1.93. The zero-order valence-corrected chi connectivity index (χ0v) is 16.2. The first-order valence-electron chi connectivity index (χ1n) is 8.78. The van der Waals surface area contributed by atoms with Gasteiger partial charge in [-0.3, -0.25) is 0 Å². The van der Waals surface area contributed by atoms with Gasteiger partial charge in [-0.15, -0.1) is 0 Å². The molecular weight excluding hydrogens is 332 g/mol. The number of aromatic nitrogens is 1. The highest BCUT2D eigenvalue weighted by Gasteiger charge is 2.17. The molecule has 6 heteroatoms. The summed E-state index contributed by atoms with van der Waals surface area (Å²) in [5.41, 5.74) is 4.76. The molecule has 0 aliphatic heterocycles. The first-order valence-corrected chi connectivity index (χ1v) is 8.78. The zero-order chi connectivity index (χ0) is 19.1. The van der Waals surface area contributed by atoms with E-state index in [9.17, 15) is 4.79 Å². The van der Waals surface area contributed by atoms with E-state index in [2.05, 4.69) is 10.3 Å². The fourth-order valence-electron chi connectivity index (χ4n) is 2.94. The van der Waals surface area contributed by atoms with Gasteiger partial charge >= 0.3 is 5.97 Å². The van der Waals surface area contributed by atoms with Crippen molar-refractivity contribution < 1.29 is 19.0 Å². The van der Waals surface area contributed by atoms with E-state index in [4.69, 9.17) is 14.2 Å². The third-order valence-corrected chi connectivity index (χ3v) is 4.41. The molecule has 0 atom stereocenters. The van der Waals surface area contributed by atoms with Crippen LogP contribution in [-0.4, -0.2) is 38.3 Å². The molecule has 1 aromatic heterocycles. The number of carbonyl (C=O) groups is 1. The smallest absolute Gasteiger partial charge is 0.355 e. The quantitative estimate of drug-likeness (QED) is 0.531. The van der Waals surface area contributed by atoms with Gasteiger partial charge in [0.15, 0.2) is 11.5 Å². The monoisotopic (exact) mass is 360 g/mol. The van der Waals surface area contributed by atoms with Crippen LogP contribution in [0.1, 0.15) is 39.8 Å². The van der Waals surface area contributed by atoms with Gasteiger partial charge in [0.25, 0.3) is 0 Å². The predicted molar refractivity (Wildman–Crippen MR) is 101 cm³/mol. The molecular formula is C20H28N2O4. The Morgan fingerprint density at radius 1 is 1.15 bits per heavy atom. The summed E-state index contributed by atoms with van der Waals surface area (Å²) in [5.74, 6) is 1.17. The maximum atomic E-state index is 12.0. The van der Waals surface area contributed by atoms with E-state index in [0.29, 0.717) is 18.8 Å². The van der Waals surface area contributed by atoms with Crippen LogP contribution in [0.25, 0.3) is 0 Å². The number of H-pyrrole nitrogens is 1. The number of carbonyl (C=O) groups excluding carboxylic acids is 1. The molecule has 2 aromatic rings. The molecule has 0 bridgehead atoms. The first kappa shape index (κ1) is 19.8. The molecule has 0 spiro atoms. The second kappa shape index (κ2) is 9.29. The molecule has 0 saturated carbocycles. The molecule has 2 N–H and O–H groups in total. The van der Waals surface area contributed by atoms with Crippen molar-refractivity contribution in [2.45, 2.75) is 33.7 Å². The number of esters is 1. The maximum absolute atomic E-state index is 12.0. The topological polar surface area (TPSA) is 72.6 Å². The van der Waals surface area contributed by atoms with Crippen molar-refractivity contribution in [2.24, 2.45) is 0 Å². The highest BCUT2D eigenvalue weighted by molar-refractivity contribution is 5.89. The zero-order valence-electron chi connectivity index (χ0n) is 16.2. The van der Waals surface area contributed by atoms with Crippen molar-refractivity contribution in [3.63, 3.8) is 0 Å². The van der Waals surface area contributed by atoms with Gasteiger partial charge in [-0.2, -0.15) is 0 Å². The molecule has 0 aliphatic rings. The van der Waals surface area contributed by atoms with E-state index in [1.807, 2.05) is 32.0 Å². The highest BCUT2D eigenvalue weighted by Crippen LogP contribution is 2.27. The second-order valence-corrected chi connectivity index (χ2v) is 6.07. The lowest BCUT2D eigenvalue weighted by molar-refractivity contribution is 0.0519. The summed E-state index contributed by atoms with van der Waals surface area (Å²) in [5, 5.41) is 3.44. The fourth-order valence-corrected chi connectivity index (χ4v) is 2.94. The number of nitrogens with one attached hydrogen (secondary N) is 2. The van der Waals surface area contributed by atoms with Gasteiger partial charge in [0, 0.05) is 12.2 Å². The minimum Gasteiger partial charge on any atom is -0.493 e. The SMILES string of the molecule is CCOC(=O)c1[nH]c(C)c(CNCCc2ccc(OC)c(OC)c2)c1C. The van der Waals surface area contributed by atoms with Crippen LogP contribution in [0.2, 0.25) is 0 Å². The Kier molecular flexibility index (Phi) is 7.09. The van der Waals surface area contributed by atoms with E-state index in [-0.39, 0.29) is 5.97 Å². The molecule has 142 valence electrons. The van der Waals surface area contributed by atoms with Crippen LogP contribution in [0.3, 0.4) is 0 Å². The number of aryl methyl sites for hydroxylation is 1. The van der Waals surface area contributed by atoms with E-state index in [0.717, 1.165) is 41.3 Å². The molecule has 0 fully saturated rings. The summed E-state index contributed by atoms with van der Waals surface area (Å²) in [6.45, 7) is 7.60.